The molecule has 0 aromatic heterocycles. The van der Waals surface area contributed by atoms with E-state index in [1.54, 1.807) is 7.11 Å². The molecule has 3 atom stereocenters. The number of nitrogens with zero attached hydrogens (tertiary/aromatic N) is 1. The summed E-state index contributed by atoms with van der Waals surface area (Å²) in [4.78, 5) is 0. The summed E-state index contributed by atoms with van der Waals surface area (Å²) in [5.41, 5.74) is 2.54. The SMILES string of the molecule is COc1ccc2c3c1OC1C[C@@H](O)C=CC31CC[N+](C)(C)C2. The van der Waals surface area contributed by atoms with Crippen molar-refractivity contribution in [3.05, 3.63) is 35.4 Å². The second-order valence-electron chi connectivity index (χ2n) is 7.51. The fourth-order valence-electron chi connectivity index (χ4n) is 4.36. The number of methoxy groups -OCH3 is 1. The molecule has 4 rings (SSSR count). The van der Waals surface area contributed by atoms with Crippen LogP contribution in [0.1, 0.15) is 24.0 Å². The standard InChI is InChI=1S/C18H24NO3/c1-19(2)9-8-18-7-6-13(20)10-15(18)22-17-14(21-3)5-4-12(11-19)16(17)18/h4-7,13,15,20H,8-11H2,1-3H3/q+1/t13-,15?,18?/m0/s1. The van der Waals surface area contributed by atoms with Crippen molar-refractivity contribution in [1.82, 2.24) is 0 Å². The van der Waals surface area contributed by atoms with Crippen LogP contribution in [0.25, 0.3) is 0 Å². The van der Waals surface area contributed by atoms with Crippen LogP contribution in [-0.2, 0) is 12.0 Å². The normalized spacial score (nSPS) is 34.4. The molecular weight excluding hydrogens is 278 g/mol. The Hall–Kier alpha value is -1.52. The maximum Gasteiger partial charge on any atom is 0.166 e. The fourth-order valence-corrected chi connectivity index (χ4v) is 4.36. The molecule has 0 fully saturated rings. The summed E-state index contributed by atoms with van der Waals surface area (Å²) in [6.45, 7) is 2.09. The highest BCUT2D eigenvalue weighted by atomic mass is 16.5. The van der Waals surface area contributed by atoms with Crippen molar-refractivity contribution in [3.63, 3.8) is 0 Å². The van der Waals surface area contributed by atoms with E-state index in [2.05, 4.69) is 26.2 Å². The molecule has 1 N–H and O–H groups in total. The smallest absolute Gasteiger partial charge is 0.166 e. The molecule has 2 heterocycles. The molecule has 0 radical (unpaired) electrons. The highest BCUT2D eigenvalue weighted by Crippen LogP contribution is 2.56. The van der Waals surface area contributed by atoms with Crippen LogP contribution in [-0.4, -0.2) is 49.5 Å². The number of hydrogen-bond donors (Lipinski definition) is 1. The zero-order valence-electron chi connectivity index (χ0n) is 13.5. The van der Waals surface area contributed by atoms with E-state index in [1.165, 1.54) is 11.1 Å². The minimum absolute atomic E-state index is 0.00986. The van der Waals surface area contributed by atoms with Crippen LogP contribution < -0.4 is 9.47 Å². The number of benzene rings is 1. The fraction of sp³-hybridized carbons (Fsp3) is 0.556. The average molecular weight is 302 g/mol. The van der Waals surface area contributed by atoms with E-state index < -0.39 is 6.10 Å². The van der Waals surface area contributed by atoms with Crippen LogP contribution in [0, 0.1) is 0 Å². The zero-order valence-corrected chi connectivity index (χ0v) is 13.5. The second-order valence-corrected chi connectivity index (χ2v) is 7.51. The van der Waals surface area contributed by atoms with E-state index in [9.17, 15) is 5.11 Å². The Morgan fingerprint density at radius 1 is 1.36 bits per heavy atom. The van der Waals surface area contributed by atoms with Gasteiger partial charge in [0.1, 0.15) is 12.6 Å². The predicted molar refractivity (Wildman–Crippen MR) is 84.1 cm³/mol. The quantitative estimate of drug-likeness (QED) is 0.637. The van der Waals surface area contributed by atoms with Crippen molar-refractivity contribution in [2.45, 2.75) is 37.0 Å². The van der Waals surface area contributed by atoms with Crippen LogP contribution >= 0.6 is 0 Å². The molecule has 4 nitrogen and oxygen atoms in total. The maximum absolute atomic E-state index is 10.0. The highest BCUT2D eigenvalue weighted by Gasteiger charge is 2.54. The highest BCUT2D eigenvalue weighted by molar-refractivity contribution is 5.60. The molecule has 1 aromatic carbocycles. The van der Waals surface area contributed by atoms with Crippen molar-refractivity contribution < 1.29 is 19.1 Å². The summed E-state index contributed by atoms with van der Waals surface area (Å²) < 4.78 is 12.8. The summed E-state index contributed by atoms with van der Waals surface area (Å²) >= 11 is 0. The van der Waals surface area contributed by atoms with Crippen LogP contribution in [0.5, 0.6) is 11.5 Å². The zero-order chi connectivity index (χ0) is 15.5. The van der Waals surface area contributed by atoms with Crippen LogP contribution in [0.3, 0.4) is 0 Å². The third-order valence-electron chi connectivity index (χ3n) is 5.53. The lowest BCUT2D eigenvalue weighted by atomic mass is 9.69. The molecule has 1 aliphatic carbocycles. The van der Waals surface area contributed by atoms with Crippen LogP contribution in [0.4, 0.5) is 0 Å². The van der Waals surface area contributed by atoms with Gasteiger partial charge in [-0.25, -0.2) is 0 Å². The lowest BCUT2D eigenvalue weighted by molar-refractivity contribution is -0.903. The third-order valence-corrected chi connectivity index (χ3v) is 5.53. The molecular formula is C18H24NO3+. The summed E-state index contributed by atoms with van der Waals surface area (Å²) in [6.07, 6.45) is 5.44. The first-order valence-corrected chi connectivity index (χ1v) is 8.02. The van der Waals surface area contributed by atoms with Gasteiger partial charge in [0.05, 0.1) is 39.3 Å². The molecule has 2 aliphatic heterocycles. The van der Waals surface area contributed by atoms with Crippen molar-refractivity contribution in [1.29, 1.82) is 0 Å². The Kier molecular flexibility index (Phi) is 2.88. The molecule has 3 aliphatic rings. The molecule has 1 spiro atoms. The second kappa shape index (κ2) is 4.49. The number of ether oxygens (including phenoxy) is 2. The molecule has 2 unspecified atom stereocenters. The Morgan fingerprint density at radius 3 is 2.95 bits per heavy atom. The van der Waals surface area contributed by atoms with E-state index in [-0.39, 0.29) is 11.5 Å². The van der Waals surface area contributed by atoms with Crippen molar-refractivity contribution >= 4 is 0 Å². The predicted octanol–water partition coefficient (Wildman–Crippen LogP) is 1.99. The van der Waals surface area contributed by atoms with Gasteiger partial charge < -0.3 is 19.1 Å². The van der Waals surface area contributed by atoms with Gasteiger partial charge in [0, 0.05) is 24.0 Å². The van der Waals surface area contributed by atoms with Crippen molar-refractivity contribution in [2.24, 2.45) is 0 Å². The average Bonchev–Trinajstić information content (AvgIpc) is 2.74. The van der Waals surface area contributed by atoms with E-state index in [4.69, 9.17) is 9.47 Å². The molecule has 0 amide bonds. The lowest BCUT2D eigenvalue weighted by Gasteiger charge is -2.36. The van der Waals surface area contributed by atoms with Gasteiger partial charge in [-0.2, -0.15) is 0 Å². The summed E-state index contributed by atoms with van der Waals surface area (Å²) in [7, 11) is 6.26. The minimum Gasteiger partial charge on any atom is -0.493 e. The van der Waals surface area contributed by atoms with Crippen LogP contribution in [0.15, 0.2) is 24.3 Å². The van der Waals surface area contributed by atoms with Gasteiger partial charge in [-0.3, -0.25) is 0 Å². The Balaban J connectivity index is 1.96. The van der Waals surface area contributed by atoms with Gasteiger partial charge in [0.2, 0.25) is 0 Å². The molecule has 22 heavy (non-hydrogen) atoms. The number of aliphatic hydroxyl groups excluding tert-OH is 1. The van der Waals surface area contributed by atoms with Gasteiger partial charge in [-0.1, -0.05) is 12.2 Å². The van der Waals surface area contributed by atoms with Gasteiger partial charge in [0.25, 0.3) is 0 Å². The molecule has 0 saturated heterocycles. The third kappa shape index (κ3) is 1.83. The van der Waals surface area contributed by atoms with Gasteiger partial charge >= 0.3 is 0 Å². The Bertz CT molecular complexity index is 652. The van der Waals surface area contributed by atoms with E-state index in [0.29, 0.717) is 6.42 Å². The summed E-state index contributed by atoms with van der Waals surface area (Å²) in [6, 6.07) is 4.21. The molecule has 118 valence electrons. The topological polar surface area (TPSA) is 38.7 Å². The summed E-state index contributed by atoms with van der Waals surface area (Å²) in [5, 5.41) is 10.0. The number of quaternary nitrogens is 1. The summed E-state index contributed by atoms with van der Waals surface area (Å²) in [5.74, 6) is 1.70. The number of rotatable bonds is 1. The van der Waals surface area contributed by atoms with Crippen molar-refractivity contribution in [3.8, 4) is 11.5 Å². The van der Waals surface area contributed by atoms with E-state index in [1.807, 2.05) is 12.1 Å². The molecule has 4 heteroatoms. The molecule has 0 bridgehead atoms. The first-order valence-electron chi connectivity index (χ1n) is 8.02. The largest absolute Gasteiger partial charge is 0.493 e. The van der Waals surface area contributed by atoms with Gasteiger partial charge in [-0.05, 0) is 12.1 Å². The number of hydrogen-bond acceptors (Lipinski definition) is 3. The maximum atomic E-state index is 10.0. The number of aliphatic hydroxyl groups is 1. The van der Waals surface area contributed by atoms with Gasteiger partial charge in [-0.15, -0.1) is 0 Å². The van der Waals surface area contributed by atoms with E-state index >= 15 is 0 Å². The monoisotopic (exact) mass is 302 g/mol. The van der Waals surface area contributed by atoms with Crippen LogP contribution in [0.2, 0.25) is 0 Å². The first-order chi connectivity index (χ1) is 10.5. The van der Waals surface area contributed by atoms with Gasteiger partial charge in [0.15, 0.2) is 11.5 Å². The van der Waals surface area contributed by atoms with E-state index in [0.717, 1.165) is 35.5 Å². The Labute approximate surface area is 131 Å². The van der Waals surface area contributed by atoms with Crippen molar-refractivity contribution in [2.75, 3.05) is 27.7 Å². The lowest BCUT2D eigenvalue weighted by Crippen LogP contribution is -2.45. The Morgan fingerprint density at radius 2 is 2.18 bits per heavy atom. The molecule has 0 saturated carbocycles. The first kappa shape index (κ1) is 14.1. The minimum atomic E-state index is -0.412. The molecule has 1 aromatic rings.